The van der Waals surface area contributed by atoms with Crippen LogP contribution in [0.1, 0.15) is 12.2 Å². The van der Waals surface area contributed by atoms with E-state index in [1.54, 1.807) is 6.20 Å². The first-order valence-corrected chi connectivity index (χ1v) is 7.40. The number of imidazole rings is 1. The molecule has 0 aliphatic heterocycles. The van der Waals surface area contributed by atoms with E-state index in [9.17, 15) is 0 Å². The molecule has 0 aliphatic carbocycles. The van der Waals surface area contributed by atoms with Crippen LogP contribution in [-0.4, -0.2) is 33.1 Å². The van der Waals surface area contributed by atoms with Crippen LogP contribution >= 0.6 is 11.8 Å². The van der Waals surface area contributed by atoms with Gasteiger partial charge in [-0.05, 0) is 37.5 Å². The third-order valence-electron chi connectivity index (χ3n) is 2.67. The van der Waals surface area contributed by atoms with Gasteiger partial charge in [-0.15, -0.1) is 0 Å². The molecule has 0 saturated heterocycles. The molecule has 2 heterocycles. The molecule has 0 amide bonds. The molecule has 5 heteroatoms. The van der Waals surface area contributed by atoms with E-state index in [1.807, 2.05) is 41.7 Å². The second-order valence-electron chi connectivity index (χ2n) is 4.02. The quantitative estimate of drug-likeness (QED) is 0.813. The lowest BCUT2D eigenvalue weighted by Crippen LogP contribution is -2.04. The molecule has 0 saturated carbocycles. The number of aryl methyl sites for hydroxylation is 1. The Bertz CT molecular complexity index is 478. The third-order valence-corrected chi connectivity index (χ3v) is 3.37. The number of nitrogens with zero attached hydrogens (tertiary/aromatic N) is 3. The average Bonchev–Trinajstić information content (AvgIpc) is 2.82. The highest BCUT2D eigenvalue weighted by Crippen LogP contribution is 2.11. The summed E-state index contributed by atoms with van der Waals surface area (Å²) in [4.78, 5) is 8.63. The lowest BCUT2D eigenvalue weighted by molar-refractivity contribution is 0.930. The summed E-state index contributed by atoms with van der Waals surface area (Å²) < 4.78 is 1.97. The standard InChI is InChI=1S/C13H18N4S/c1-11-14-7-8-17(11)13-5-4-12(10-16-13)15-6-3-9-18-2/h4-5,7-8,10,15H,3,6,9H2,1-2H3. The maximum absolute atomic E-state index is 4.44. The van der Waals surface area contributed by atoms with Gasteiger partial charge in [-0.1, -0.05) is 0 Å². The van der Waals surface area contributed by atoms with Gasteiger partial charge in [0.05, 0.1) is 11.9 Å². The lowest BCUT2D eigenvalue weighted by atomic mass is 10.3. The van der Waals surface area contributed by atoms with Gasteiger partial charge >= 0.3 is 0 Å². The van der Waals surface area contributed by atoms with E-state index in [4.69, 9.17) is 0 Å². The van der Waals surface area contributed by atoms with Crippen molar-refractivity contribution in [1.82, 2.24) is 14.5 Å². The summed E-state index contributed by atoms with van der Waals surface area (Å²) in [6.45, 7) is 2.96. The van der Waals surface area contributed by atoms with Gasteiger partial charge in [0.1, 0.15) is 11.6 Å². The van der Waals surface area contributed by atoms with E-state index in [0.717, 1.165) is 23.9 Å². The Morgan fingerprint density at radius 2 is 2.22 bits per heavy atom. The topological polar surface area (TPSA) is 42.7 Å². The first-order chi connectivity index (χ1) is 8.81. The maximum Gasteiger partial charge on any atom is 0.138 e. The fourth-order valence-corrected chi connectivity index (χ4v) is 2.14. The molecule has 0 bridgehead atoms. The van der Waals surface area contributed by atoms with Crippen molar-refractivity contribution in [3.8, 4) is 5.82 Å². The van der Waals surface area contributed by atoms with E-state index in [2.05, 4.69) is 27.6 Å². The molecule has 0 unspecified atom stereocenters. The Kier molecular flexibility index (Phi) is 4.64. The Balaban J connectivity index is 1.96. The molecule has 0 spiro atoms. The second-order valence-corrected chi connectivity index (χ2v) is 5.01. The van der Waals surface area contributed by atoms with Gasteiger partial charge in [0, 0.05) is 18.9 Å². The highest BCUT2D eigenvalue weighted by Gasteiger charge is 2.01. The molecule has 0 radical (unpaired) electrons. The van der Waals surface area contributed by atoms with Crippen molar-refractivity contribution in [2.45, 2.75) is 13.3 Å². The zero-order chi connectivity index (χ0) is 12.8. The fraction of sp³-hybridized carbons (Fsp3) is 0.385. The summed E-state index contributed by atoms with van der Waals surface area (Å²) in [5.41, 5.74) is 1.07. The Hall–Kier alpha value is -1.49. The molecular formula is C13H18N4S. The van der Waals surface area contributed by atoms with Crippen LogP contribution in [0.3, 0.4) is 0 Å². The van der Waals surface area contributed by atoms with Crippen LogP contribution < -0.4 is 5.32 Å². The zero-order valence-corrected chi connectivity index (χ0v) is 11.6. The first kappa shape index (κ1) is 13.0. The van der Waals surface area contributed by atoms with Crippen molar-refractivity contribution in [2.24, 2.45) is 0 Å². The van der Waals surface area contributed by atoms with E-state index < -0.39 is 0 Å². The molecule has 0 fully saturated rings. The van der Waals surface area contributed by atoms with E-state index in [0.29, 0.717) is 0 Å². The Morgan fingerprint density at radius 1 is 1.33 bits per heavy atom. The van der Waals surface area contributed by atoms with E-state index >= 15 is 0 Å². The number of aromatic nitrogens is 3. The van der Waals surface area contributed by atoms with Gasteiger partial charge in [0.2, 0.25) is 0 Å². The Morgan fingerprint density at radius 3 is 2.83 bits per heavy atom. The average molecular weight is 262 g/mol. The van der Waals surface area contributed by atoms with Crippen LogP contribution in [-0.2, 0) is 0 Å². The minimum atomic E-state index is 0.902. The smallest absolute Gasteiger partial charge is 0.138 e. The van der Waals surface area contributed by atoms with Crippen LogP contribution in [0.15, 0.2) is 30.7 Å². The molecule has 96 valence electrons. The number of hydrogen-bond acceptors (Lipinski definition) is 4. The summed E-state index contributed by atoms with van der Waals surface area (Å²) >= 11 is 1.87. The van der Waals surface area contributed by atoms with E-state index in [1.165, 1.54) is 12.2 Å². The number of nitrogens with one attached hydrogen (secondary N) is 1. The molecule has 1 N–H and O–H groups in total. The highest BCUT2D eigenvalue weighted by molar-refractivity contribution is 7.98. The van der Waals surface area contributed by atoms with Crippen molar-refractivity contribution < 1.29 is 0 Å². The number of pyridine rings is 1. The summed E-state index contributed by atoms with van der Waals surface area (Å²) in [5.74, 6) is 3.04. The summed E-state index contributed by atoms with van der Waals surface area (Å²) in [6, 6.07) is 4.06. The van der Waals surface area contributed by atoms with Crippen molar-refractivity contribution in [2.75, 3.05) is 23.9 Å². The van der Waals surface area contributed by atoms with E-state index in [-0.39, 0.29) is 0 Å². The molecular weight excluding hydrogens is 244 g/mol. The highest BCUT2D eigenvalue weighted by atomic mass is 32.2. The molecule has 2 aromatic heterocycles. The van der Waals surface area contributed by atoms with Gasteiger partial charge in [-0.25, -0.2) is 9.97 Å². The molecule has 0 aliphatic rings. The number of anilines is 1. The first-order valence-electron chi connectivity index (χ1n) is 6.00. The summed E-state index contributed by atoms with van der Waals surface area (Å²) in [7, 11) is 0. The van der Waals surface area contributed by atoms with Crippen molar-refractivity contribution in [3.05, 3.63) is 36.5 Å². The molecule has 4 nitrogen and oxygen atoms in total. The van der Waals surface area contributed by atoms with Crippen LogP contribution in [0.25, 0.3) is 5.82 Å². The number of hydrogen-bond donors (Lipinski definition) is 1. The van der Waals surface area contributed by atoms with Gasteiger partial charge in [0.25, 0.3) is 0 Å². The number of rotatable bonds is 6. The van der Waals surface area contributed by atoms with Crippen LogP contribution in [0.5, 0.6) is 0 Å². The normalized spacial score (nSPS) is 10.6. The van der Waals surface area contributed by atoms with Crippen molar-refractivity contribution in [3.63, 3.8) is 0 Å². The largest absolute Gasteiger partial charge is 0.384 e. The SMILES string of the molecule is CSCCCNc1ccc(-n2ccnc2C)nc1. The van der Waals surface area contributed by atoms with Gasteiger partial charge in [0.15, 0.2) is 0 Å². The molecule has 2 aromatic rings. The number of thioether (sulfide) groups is 1. The van der Waals surface area contributed by atoms with Gasteiger partial charge in [-0.3, -0.25) is 4.57 Å². The summed E-state index contributed by atoms with van der Waals surface area (Å²) in [6.07, 6.45) is 8.87. The maximum atomic E-state index is 4.44. The van der Waals surface area contributed by atoms with Crippen molar-refractivity contribution in [1.29, 1.82) is 0 Å². The second kappa shape index (κ2) is 6.44. The zero-order valence-electron chi connectivity index (χ0n) is 10.8. The van der Waals surface area contributed by atoms with Gasteiger partial charge in [-0.2, -0.15) is 11.8 Å². The Labute approximate surface area is 112 Å². The third kappa shape index (κ3) is 3.26. The molecule has 18 heavy (non-hydrogen) atoms. The monoisotopic (exact) mass is 262 g/mol. The predicted molar refractivity (Wildman–Crippen MR) is 77.6 cm³/mol. The van der Waals surface area contributed by atoms with Crippen molar-refractivity contribution >= 4 is 17.4 Å². The van der Waals surface area contributed by atoms with Crippen LogP contribution in [0.4, 0.5) is 5.69 Å². The molecule has 0 aromatic carbocycles. The van der Waals surface area contributed by atoms with Gasteiger partial charge < -0.3 is 5.32 Å². The minimum absolute atomic E-state index is 0.902. The molecule has 0 atom stereocenters. The predicted octanol–water partition coefficient (Wildman–Crippen LogP) is 2.74. The van der Waals surface area contributed by atoms with Crippen LogP contribution in [0, 0.1) is 6.92 Å². The minimum Gasteiger partial charge on any atom is -0.384 e. The molecule has 2 rings (SSSR count). The fourth-order valence-electron chi connectivity index (χ4n) is 1.70. The van der Waals surface area contributed by atoms with Crippen LogP contribution in [0.2, 0.25) is 0 Å². The summed E-state index contributed by atoms with van der Waals surface area (Å²) in [5, 5.41) is 3.37. The lowest BCUT2D eigenvalue weighted by Gasteiger charge is -2.07.